The van der Waals surface area contributed by atoms with Gasteiger partial charge in [-0.25, -0.2) is 4.79 Å². The molecule has 2 aromatic rings. The predicted molar refractivity (Wildman–Crippen MR) is 113 cm³/mol. The van der Waals surface area contributed by atoms with Gasteiger partial charge >= 0.3 is 6.03 Å². The van der Waals surface area contributed by atoms with E-state index < -0.39 is 0 Å². The van der Waals surface area contributed by atoms with E-state index in [2.05, 4.69) is 10.3 Å². The van der Waals surface area contributed by atoms with Crippen molar-refractivity contribution in [2.45, 2.75) is 45.1 Å². The quantitative estimate of drug-likeness (QED) is 0.846. The van der Waals surface area contributed by atoms with Crippen LogP contribution in [-0.2, 0) is 6.42 Å². The first-order chi connectivity index (χ1) is 14.1. The second kappa shape index (κ2) is 8.64. The number of anilines is 1. The maximum atomic E-state index is 13.4. The van der Waals surface area contributed by atoms with Crippen LogP contribution in [0.4, 0.5) is 10.5 Å². The first-order valence-corrected chi connectivity index (χ1v) is 10.5. The zero-order valence-electron chi connectivity index (χ0n) is 16.9. The Morgan fingerprint density at radius 2 is 2.10 bits per heavy atom. The molecule has 2 aliphatic rings. The minimum Gasteiger partial charge on any atom is -0.336 e. The molecule has 1 unspecified atom stereocenters. The van der Waals surface area contributed by atoms with Gasteiger partial charge in [-0.05, 0) is 68.9 Å². The minimum atomic E-state index is -0.0936. The number of urea groups is 1. The molecule has 152 valence electrons. The Morgan fingerprint density at radius 1 is 1.21 bits per heavy atom. The Hall–Kier alpha value is -2.89. The fourth-order valence-electron chi connectivity index (χ4n) is 4.33. The predicted octanol–water partition coefficient (Wildman–Crippen LogP) is 3.55. The zero-order valence-corrected chi connectivity index (χ0v) is 16.9. The SMILES string of the molecule is Cc1ccc(C(=O)N2CCCCC2CCc2ccccn2)cc1N1CCNC1=O. The number of carbonyl (C=O) groups excluding carboxylic acids is 2. The number of likely N-dealkylation sites (tertiary alicyclic amines) is 1. The number of carbonyl (C=O) groups is 2. The molecule has 1 atom stereocenters. The summed E-state index contributed by atoms with van der Waals surface area (Å²) in [6.07, 6.45) is 6.86. The highest BCUT2D eigenvalue weighted by Crippen LogP contribution is 2.27. The highest BCUT2D eigenvalue weighted by Gasteiger charge is 2.29. The van der Waals surface area contributed by atoms with Crippen LogP contribution in [-0.4, -0.2) is 47.5 Å². The summed E-state index contributed by atoms with van der Waals surface area (Å²) >= 11 is 0. The van der Waals surface area contributed by atoms with Crippen LogP contribution in [0.1, 0.15) is 47.3 Å². The van der Waals surface area contributed by atoms with E-state index in [4.69, 9.17) is 0 Å². The average Bonchev–Trinajstić information content (AvgIpc) is 3.19. The molecule has 1 N–H and O–H groups in total. The molecule has 1 aromatic heterocycles. The van der Waals surface area contributed by atoms with Gasteiger partial charge in [0.15, 0.2) is 0 Å². The van der Waals surface area contributed by atoms with Crippen LogP contribution in [0.2, 0.25) is 0 Å². The third-order valence-corrected chi connectivity index (χ3v) is 5.95. The summed E-state index contributed by atoms with van der Waals surface area (Å²) in [6.45, 7) is 4.04. The number of aromatic nitrogens is 1. The minimum absolute atomic E-state index is 0.0663. The molecule has 6 heteroatoms. The zero-order chi connectivity index (χ0) is 20.2. The van der Waals surface area contributed by atoms with Crippen molar-refractivity contribution in [1.29, 1.82) is 0 Å². The van der Waals surface area contributed by atoms with Crippen LogP contribution in [0.5, 0.6) is 0 Å². The van der Waals surface area contributed by atoms with Crippen LogP contribution >= 0.6 is 0 Å². The van der Waals surface area contributed by atoms with E-state index in [1.54, 1.807) is 4.90 Å². The highest BCUT2D eigenvalue weighted by molar-refractivity contribution is 5.99. The van der Waals surface area contributed by atoms with E-state index in [0.717, 1.165) is 55.6 Å². The van der Waals surface area contributed by atoms with Crippen LogP contribution in [0, 0.1) is 6.92 Å². The lowest BCUT2D eigenvalue weighted by molar-refractivity contribution is 0.0601. The third-order valence-electron chi connectivity index (χ3n) is 5.95. The van der Waals surface area contributed by atoms with Crippen molar-refractivity contribution in [3.8, 4) is 0 Å². The summed E-state index contributed by atoms with van der Waals surface area (Å²) in [7, 11) is 0. The molecule has 3 amide bonds. The van der Waals surface area contributed by atoms with Gasteiger partial charge in [0.2, 0.25) is 0 Å². The second-order valence-corrected chi connectivity index (χ2v) is 7.89. The lowest BCUT2D eigenvalue weighted by Gasteiger charge is -2.36. The molecule has 0 bridgehead atoms. The number of hydrogen-bond acceptors (Lipinski definition) is 3. The van der Waals surface area contributed by atoms with Crippen LogP contribution < -0.4 is 10.2 Å². The molecular weight excluding hydrogens is 364 g/mol. The van der Waals surface area contributed by atoms with E-state index in [1.807, 2.05) is 54.4 Å². The number of rotatable bonds is 5. The third kappa shape index (κ3) is 4.26. The van der Waals surface area contributed by atoms with E-state index >= 15 is 0 Å². The van der Waals surface area contributed by atoms with Crippen molar-refractivity contribution in [1.82, 2.24) is 15.2 Å². The molecule has 0 saturated carbocycles. The van der Waals surface area contributed by atoms with Crippen molar-refractivity contribution in [2.24, 2.45) is 0 Å². The Kier molecular flexibility index (Phi) is 5.79. The summed E-state index contributed by atoms with van der Waals surface area (Å²) < 4.78 is 0. The number of aryl methyl sites for hydroxylation is 2. The van der Waals surface area contributed by atoms with Gasteiger partial charge in [-0.3, -0.25) is 14.7 Å². The van der Waals surface area contributed by atoms with Gasteiger partial charge in [-0.2, -0.15) is 0 Å². The fraction of sp³-hybridized carbons (Fsp3) is 0.435. The van der Waals surface area contributed by atoms with E-state index in [0.29, 0.717) is 18.7 Å². The second-order valence-electron chi connectivity index (χ2n) is 7.89. The van der Waals surface area contributed by atoms with Gasteiger partial charge in [-0.1, -0.05) is 12.1 Å². The Morgan fingerprint density at radius 3 is 2.86 bits per heavy atom. The number of piperidine rings is 1. The molecule has 2 aliphatic heterocycles. The Labute approximate surface area is 171 Å². The lowest BCUT2D eigenvalue weighted by atomic mass is 9.95. The number of amides is 3. The summed E-state index contributed by atoms with van der Waals surface area (Å²) in [5, 5.41) is 2.83. The molecule has 2 fully saturated rings. The molecule has 0 radical (unpaired) electrons. The number of benzene rings is 1. The van der Waals surface area contributed by atoms with Crippen molar-refractivity contribution in [3.63, 3.8) is 0 Å². The maximum Gasteiger partial charge on any atom is 0.322 e. The summed E-state index contributed by atoms with van der Waals surface area (Å²) in [5.41, 5.74) is 3.56. The summed E-state index contributed by atoms with van der Waals surface area (Å²) in [4.78, 5) is 33.6. The van der Waals surface area contributed by atoms with Crippen molar-refractivity contribution >= 4 is 17.6 Å². The molecule has 2 saturated heterocycles. The standard InChI is InChI=1S/C23H28N4O2/c1-17-8-9-18(16-21(17)27-15-13-25-23(27)29)22(28)26-14-5-3-7-20(26)11-10-19-6-2-4-12-24-19/h2,4,6,8-9,12,16,20H,3,5,7,10-11,13-15H2,1H3,(H,25,29). The largest absolute Gasteiger partial charge is 0.336 e. The van der Waals surface area contributed by atoms with Crippen LogP contribution in [0.3, 0.4) is 0 Å². The number of hydrogen-bond donors (Lipinski definition) is 1. The Bertz CT molecular complexity index is 884. The van der Waals surface area contributed by atoms with Crippen LogP contribution in [0.15, 0.2) is 42.6 Å². The molecule has 1 aromatic carbocycles. The molecule has 4 rings (SSSR count). The summed E-state index contributed by atoms with van der Waals surface area (Å²) in [6, 6.07) is 11.8. The van der Waals surface area contributed by atoms with Gasteiger partial charge in [-0.15, -0.1) is 0 Å². The molecule has 6 nitrogen and oxygen atoms in total. The number of nitrogens with zero attached hydrogens (tertiary/aromatic N) is 3. The fourth-order valence-corrected chi connectivity index (χ4v) is 4.33. The normalized spacial score (nSPS) is 19.3. The molecule has 0 spiro atoms. The number of pyridine rings is 1. The molecule has 3 heterocycles. The Balaban J connectivity index is 1.51. The van der Waals surface area contributed by atoms with E-state index in [-0.39, 0.29) is 18.0 Å². The highest BCUT2D eigenvalue weighted by atomic mass is 16.2. The lowest BCUT2D eigenvalue weighted by Crippen LogP contribution is -2.44. The first-order valence-electron chi connectivity index (χ1n) is 10.5. The monoisotopic (exact) mass is 392 g/mol. The van der Waals surface area contributed by atoms with Gasteiger partial charge in [0.25, 0.3) is 5.91 Å². The van der Waals surface area contributed by atoms with Crippen molar-refractivity contribution in [2.75, 3.05) is 24.5 Å². The molecule has 0 aliphatic carbocycles. The summed E-state index contributed by atoms with van der Waals surface area (Å²) in [5.74, 6) is 0.0663. The number of nitrogens with one attached hydrogen (secondary N) is 1. The van der Waals surface area contributed by atoms with Crippen LogP contribution in [0.25, 0.3) is 0 Å². The maximum absolute atomic E-state index is 13.4. The first kappa shape index (κ1) is 19.4. The van der Waals surface area contributed by atoms with E-state index in [9.17, 15) is 9.59 Å². The van der Waals surface area contributed by atoms with Gasteiger partial charge < -0.3 is 10.2 Å². The average molecular weight is 393 g/mol. The smallest absolute Gasteiger partial charge is 0.322 e. The topological polar surface area (TPSA) is 65.5 Å². The van der Waals surface area contributed by atoms with Crippen molar-refractivity contribution < 1.29 is 9.59 Å². The van der Waals surface area contributed by atoms with Crippen molar-refractivity contribution in [3.05, 3.63) is 59.4 Å². The van der Waals surface area contributed by atoms with Gasteiger partial charge in [0.1, 0.15) is 0 Å². The molecular formula is C23H28N4O2. The van der Waals surface area contributed by atoms with E-state index in [1.165, 1.54) is 0 Å². The van der Waals surface area contributed by atoms with Gasteiger partial charge in [0, 0.05) is 48.8 Å². The molecule has 29 heavy (non-hydrogen) atoms. The van der Waals surface area contributed by atoms with Gasteiger partial charge in [0.05, 0.1) is 0 Å².